The van der Waals surface area contributed by atoms with Crippen molar-refractivity contribution < 1.29 is 0 Å². The quantitative estimate of drug-likeness (QED) is 0.194. The summed E-state index contributed by atoms with van der Waals surface area (Å²) < 4.78 is 0. The first-order valence-corrected chi connectivity index (χ1v) is 11.6. The first-order valence-electron chi connectivity index (χ1n) is 11.6. The summed E-state index contributed by atoms with van der Waals surface area (Å²) in [5, 5.41) is 0. The Morgan fingerprint density at radius 2 is 0.875 bits per heavy atom. The molecule has 24 heavy (non-hydrogen) atoms. The molecule has 0 amide bonds. The largest absolute Gasteiger partial charge is 0.0654 e. The molecule has 0 nitrogen and oxygen atoms in total. The topological polar surface area (TPSA) is 0 Å². The molecule has 0 fully saturated rings. The van der Waals surface area contributed by atoms with Crippen LogP contribution in [0.2, 0.25) is 0 Å². The van der Waals surface area contributed by atoms with E-state index in [1.165, 1.54) is 122 Å². The summed E-state index contributed by atoms with van der Waals surface area (Å²) in [7, 11) is 0. The van der Waals surface area contributed by atoms with Gasteiger partial charge in [0.15, 0.2) is 0 Å². The van der Waals surface area contributed by atoms with Crippen molar-refractivity contribution in [3.05, 3.63) is 6.42 Å². The van der Waals surface area contributed by atoms with Crippen molar-refractivity contribution in [2.24, 2.45) is 5.92 Å². The van der Waals surface area contributed by atoms with Crippen molar-refractivity contribution >= 4 is 0 Å². The lowest BCUT2D eigenvalue weighted by Crippen LogP contribution is -1.96. The minimum Gasteiger partial charge on any atom is -0.0654 e. The molecular weight excluding hydrogens is 288 g/mol. The molecule has 0 aliphatic rings. The maximum Gasteiger partial charge on any atom is -0.0358 e. The molecule has 0 saturated heterocycles. The average Bonchev–Trinajstić information content (AvgIpc) is 2.59. The lowest BCUT2D eigenvalue weighted by molar-refractivity contribution is 0.499. The van der Waals surface area contributed by atoms with E-state index < -0.39 is 0 Å². The van der Waals surface area contributed by atoms with Gasteiger partial charge in [0, 0.05) is 0 Å². The van der Waals surface area contributed by atoms with E-state index in [0.29, 0.717) is 0 Å². The average molecular weight is 338 g/mol. The van der Waals surface area contributed by atoms with Gasteiger partial charge < -0.3 is 0 Å². The van der Waals surface area contributed by atoms with Gasteiger partial charge >= 0.3 is 0 Å². The Morgan fingerprint density at radius 3 is 1.33 bits per heavy atom. The van der Waals surface area contributed by atoms with Crippen LogP contribution in [0.15, 0.2) is 0 Å². The van der Waals surface area contributed by atoms with Gasteiger partial charge in [-0.05, 0) is 18.8 Å². The van der Waals surface area contributed by atoms with Gasteiger partial charge in [-0.25, -0.2) is 0 Å². The summed E-state index contributed by atoms with van der Waals surface area (Å²) in [6.07, 6.45) is 30.0. The van der Waals surface area contributed by atoms with E-state index in [0.717, 1.165) is 5.92 Å². The van der Waals surface area contributed by atoms with Gasteiger partial charge in [0.25, 0.3) is 0 Å². The van der Waals surface area contributed by atoms with Gasteiger partial charge in [-0.3, -0.25) is 0 Å². The lowest BCUT2D eigenvalue weighted by Gasteiger charge is -2.10. The molecule has 1 atom stereocenters. The van der Waals surface area contributed by atoms with Crippen LogP contribution < -0.4 is 0 Å². The van der Waals surface area contributed by atoms with Crippen molar-refractivity contribution in [2.75, 3.05) is 0 Å². The van der Waals surface area contributed by atoms with Crippen molar-refractivity contribution in [1.29, 1.82) is 0 Å². The van der Waals surface area contributed by atoms with Gasteiger partial charge in [0.1, 0.15) is 0 Å². The third-order valence-corrected chi connectivity index (χ3v) is 5.39. The van der Waals surface area contributed by atoms with E-state index in [-0.39, 0.29) is 0 Å². The van der Waals surface area contributed by atoms with Crippen molar-refractivity contribution in [2.45, 2.75) is 143 Å². The molecule has 0 aromatic rings. The summed E-state index contributed by atoms with van der Waals surface area (Å²) in [5.74, 6) is 0.846. The molecule has 1 unspecified atom stereocenters. The molecule has 0 heteroatoms. The highest BCUT2D eigenvalue weighted by Crippen LogP contribution is 2.18. The number of rotatable bonds is 20. The Bertz CT molecular complexity index is 208. The molecule has 0 N–H and O–H groups in total. The fraction of sp³-hybridized carbons (Fsp3) is 0.958. The second-order valence-corrected chi connectivity index (χ2v) is 8.09. The SMILES string of the molecule is CCCCCCCCCCC[CH]C(C)CCCCCCCCCC. The Labute approximate surface area is 155 Å². The minimum atomic E-state index is 0.846. The highest BCUT2D eigenvalue weighted by atomic mass is 14.1. The van der Waals surface area contributed by atoms with E-state index in [1.807, 2.05) is 0 Å². The van der Waals surface area contributed by atoms with Crippen LogP contribution in [0.4, 0.5) is 0 Å². The molecule has 0 saturated carbocycles. The van der Waals surface area contributed by atoms with Gasteiger partial charge in [-0.15, -0.1) is 0 Å². The van der Waals surface area contributed by atoms with Crippen LogP contribution in [0, 0.1) is 12.3 Å². The van der Waals surface area contributed by atoms with Crippen LogP contribution in [0.1, 0.15) is 143 Å². The monoisotopic (exact) mass is 337 g/mol. The van der Waals surface area contributed by atoms with E-state index >= 15 is 0 Å². The molecule has 0 heterocycles. The number of hydrogen-bond acceptors (Lipinski definition) is 0. The van der Waals surface area contributed by atoms with Crippen molar-refractivity contribution in [1.82, 2.24) is 0 Å². The third kappa shape index (κ3) is 20.0. The van der Waals surface area contributed by atoms with Gasteiger partial charge in [-0.2, -0.15) is 0 Å². The molecule has 0 aliphatic carbocycles. The highest BCUT2D eigenvalue weighted by molar-refractivity contribution is 4.72. The summed E-state index contributed by atoms with van der Waals surface area (Å²) in [5.41, 5.74) is 0. The van der Waals surface area contributed by atoms with E-state index in [2.05, 4.69) is 27.2 Å². The normalized spacial score (nSPS) is 12.6. The highest BCUT2D eigenvalue weighted by Gasteiger charge is 2.02. The molecule has 145 valence electrons. The summed E-state index contributed by atoms with van der Waals surface area (Å²) >= 11 is 0. The third-order valence-electron chi connectivity index (χ3n) is 5.39. The molecule has 0 aromatic carbocycles. The Kier molecular flexibility index (Phi) is 21.0. The Morgan fingerprint density at radius 1 is 0.500 bits per heavy atom. The van der Waals surface area contributed by atoms with Crippen LogP contribution >= 0.6 is 0 Å². The number of hydrogen-bond donors (Lipinski definition) is 0. The van der Waals surface area contributed by atoms with Gasteiger partial charge in [-0.1, -0.05) is 136 Å². The van der Waals surface area contributed by atoms with Crippen LogP contribution in [0.25, 0.3) is 0 Å². The zero-order chi connectivity index (χ0) is 17.7. The standard InChI is InChI=1S/C24H49/c1-4-6-8-10-12-14-15-17-19-21-23-24(3)22-20-18-16-13-11-9-7-5-2/h23-24H,4-22H2,1-3H3. The maximum absolute atomic E-state index is 2.60. The second kappa shape index (κ2) is 21.0. The van der Waals surface area contributed by atoms with Gasteiger partial charge in [0.2, 0.25) is 0 Å². The first-order chi connectivity index (χ1) is 11.8. The fourth-order valence-corrected chi connectivity index (χ4v) is 3.58. The van der Waals surface area contributed by atoms with Crippen LogP contribution in [0.5, 0.6) is 0 Å². The lowest BCUT2D eigenvalue weighted by atomic mass is 9.95. The van der Waals surface area contributed by atoms with E-state index in [9.17, 15) is 0 Å². The maximum atomic E-state index is 2.60. The van der Waals surface area contributed by atoms with Gasteiger partial charge in [0.05, 0.1) is 0 Å². The fourth-order valence-electron chi connectivity index (χ4n) is 3.58. The molecule has 0 spiro atoms. The van der Waals surface area contributed by atoms with Crippen LogP contribution in [-0.2, 0) is 0 Å². The van der Waals surface area contributed by atoms with Crippen LogP contribution in [-0.4, -0.2) is 0 Å². The van der Waals surface area contributed by atoms with Crippen LogP contribution in [0.3, 0.4) is 0 Å². The molecule has 0 aromatic heterocycles. The molecule has 0 bridgehead atoms. The smallest absolute Gasteiger partial charge is 0.0358 e. The Hall–Kier alpha value is 0. The summed E-state index contributed by atoms with van der Waals surface area (Å²) in [6, 6.07) is 0. The van der Waals surface area contributed by atoms with Crippen molar-refractivity contribution in [3.8, 4) is 0 Å². The van der Waals surface area contributed by atoms with Crippen molar-refractivity contribution in [3.63, 3.8) is 0 Å². The second-order valence-electron chi connectivity index (χ2n) is 8.09. The molecule has 1 radical (unpaired) electrons. The zero-order valence-corrected chi connectivity index (χ0v) is 17.6. The predicted octanol–water partition coefficient (Wildman–Crippen LogP) is 9.28. The minimum absolute atomic E-state index is 0.846. The molecular formula is C24H49. The zero-order valence-electron chi connectivity index (χ0n) is 17.6. The molecule has 0 rings (SSSR count). The molecule has 0 aliphatic heterocycles. The summed E-state index contributed by atoms with van der Waals surface area (Å²) in [4.78, 5) is 0. The number of unbranched alkanes of at least 4 members (excludes halogenated alkanes) is 16. The summed E-state index contributed by atoms with van der Waals surface area (Å²) in [6.45, 7) is 7.02. The Balaban J connectivity index is 3.11. The van der Waals surface area contributed by atoms with E-state index in [1.54, 1.807) is 0 Å². The predicted molar refractivity (Wildman–Crippen MR) is 113 cm³/mol. The first kappa shape index (κ1) is 24.0. The van der Waals surface area contributed by atoms with E-state index in [4.69, 9.17) is 0 Å².